The smallest absolute Gasteiger partial charge is 0.252 e. The third kappa shape index (κ3) is 18.9. The molecule has 3 aromatic heterocycles. The first kappa shape index (κ1) is 68.9. The van der Waals surface area contributed by atoms with Gasteiger partial charge in [0.15, 0.2) is 5.82 Å². The van der Waals surface area contributed by atoms with Crippen LogP contribution in [0.25, 0.3) is 5.00 Å². The van der Waals surface area contributed by atoms with Gasteiger partial charge in [-0.2, -0.15) is 5.26 Å². The van der Waals surface area contributed by atoms with E-state index >= 15 is 0 Å². The quantitative estimate of drug-likeness (QED) is 0.0368. The van der Waals surface area contributed by atoms with Crippen LogP contribution in [-0.4, -0.2) is 163 Å². The van der Waals surface area contributed by atoms with Gasteiger partial charge in [0.2, 0.25) is 24.1 Å². The molecule has 0 unspecified atom stereocenters. The number of aromatic nitrogens is 4. The number of aliphatic imine (C=N–C) groups is 1. The van der Waals surface area contributed by atoms with Crippen LogP contribution in [0.3, 0.4) is 0 Å². The molecule has 4 N–H and O–H groups in total. The number of ether oxygens (including phenoxy) is 5. The third-order valence-corrected chi connectivity index (χ3v) is 15.2. The second kappa shape index (κ2) is 33.2. The van der Waals surface area contributed by atoms with Crippen molar-refractivity contribution < 1.29 is 70.7 Å². The van der Waals surface area contributed by atoms with Crippen LogP contribution in [0.15, 0.2) is 90.1 Å². The van der Waals surface area contributed by atoms with Crippen molar-refractivity contribution in [1.82, 2.24) is 35.3 Å². The monoisotopic (exact) mass is 1260 g/mol. The molecule has 5 heterocycles. The van der Waals surface area contributed by atoms with E-state index in [1.165, 1.54) is 40.6 Å². The molecule has 88 heavy (non-hydrogen) atoms. The molecule has 3 aliphatic rings. The SMILES string of the molecule is CCNC(C)=O.Cc1sc2c(c1C)C(c1ccc(OCCOCCOCCOCCOCC(=O)N3CC(=O)N(c4cc(C#N)ccn4)[C@H](C(=O)N(Cc4ccccc4Cl)c4cc(F)cc(F)c4)C3)cc1)=NCc1nnc(C)n1-2.O.O=CNC1CC(F)(F)C1. The van der Waals surface area contributed by atoms with Gasteiger partial charge in [0, 0.05) is 71.3 Å². The van der Waals surface area contributed by atoms with Gasteiger partial charge in [-0.3, -0.25) is 38.4 Å². The van der Waals surface area contributed by atoms with E-state index in [0.29, 0.717) is 63.4 Å². The number of thiophene rings is 1. The average Bonchev–Trinajstić information content (AvgIpc) is 1.59. The maximum atomic E-state index is 14.7. The fourth-order valence-corrected chi connectivity index (χ4v) is 10.7. The Kier molecular flexibility index (Phi) is 26.0. The van der Waals surface area contributed by atoms with Crippen molar-refractivity contribution >= 4 is 70.2 Å². The first-order chi connectivity index (χ1) is 41.8. The number of pyridine rings is 1. The summed E-state index contributed by atoms with van der Waals surface area (Å²) < 4.78 is 83.6. The molecule has 5 amide bonds. The number of alkyl halides is 2. The highest BCUT2D eigenvalue weighted by Gasteiger charge is 2.45. The summed E-state index contributed by atoms with van der Waals surface area (Å²) in [4.78, 5) is 75.4. The van der Waals surface area contributed by atoms with E-state index in [1.54, 1.807) is 35.6 Å². The maximum Gasteiger partial charge on any atom is 0.252 e. The first-order valence-corrected chi connectivity index (χ1v) is 28.9. The molecule has 3 aromatic carbocycles. The molecule has 1 atom stereocenters. The Bertz CT molecular complexity index is 3410. The average molecular weight is 1260 g/mol. The molecule has 22 nitrogen and oxygen atoms in total. The summed E-state index contributed by atoms with van der Waals surface area (Å²) in [6.07, 6.45) is 1.36. The molecule has 28 heteroatoms. The van der Waals surface area contributed by atoms with Crippen LogP contribution in [0.2, 0.25) is 5.02 Å². The van der Waals surface area contributed by atoms with E-state index in [0.717, 1.165) is 62.0 Å². The zero-order valence-corrected chi connectivity index (χ0v) is 50.6. The van der Waals surface area contributed by atoms with Crippen LogP contribution in [-0.2, 0) is 56.0 Å². The van der Waals surface area contributed by atoms with Gasteiger partial charge in [-0.05, 0) is 93.4 Å². The number of rotatable bonds is 24. The zero-order chi connectivity index (χ0) is 62.6. The van der Waals surface area contributed by atoms with E-state index in [9.17, 15) is 46.8 Å². The second-order valence-electron chi connectivity index (χ2n) is 19.9. The van der Waals surface area contributed by atoms with Crippen molar-refractivity contribution in [2.75, 3.05) is 88.9 Å². The van der Waals surface area contributed by atoms with E-state index < -0.39 is 54.5 Å². The van der Waals surface area contributed by atoms with E-state index in [4.69, 9.17) is 40.3 Å². The number of nitrogens with one attached hydrogen (secondary N) is 2. The molecule has 0 spiro atoms. The summed E-state index contributed by atoms with van der Waals surface area (Å²) in [7, 11) is 0. The fraction of sp³-hybridized carbons (Fsp3) is 0.400. The molecule has 9 rings (SSSR count). The van der Waals surface area contributed by atoms with Gasteiger partial charge in [-0.1, -0.05) is 29.8 Å². The van der Waals surface area contributed by atoms with E-state index in [1.807, 2.05) is 44.2 Å². The molecule has 0 radical (unpaired) electrons. The zero-order valence-electron chi connectivity index (χ0n) is 49.0. The van der Waals surface area contributed by atoms with Crippen molar-refractivity contribution in [3.63, 3.8) is 0 Å². The van der Waals surface area contributed by atoms with Crippen molar-refractivity contribution in [2.45, 2.75) is 78.6 Å². The summed E-state index contributed by atoms with van der Waals surface area (Å²) >= 11 is 8.17. The summed E-state index contributed by atoms with van der Waals surface area (Å²) in [6, 6.07) is 20.1. The number of nitrogens with zero attached hydrogens (tertiary/aromatic N) is 9. The largest absolute Gasteiger partial charge is 0.491 e. The third-order valence-electron chi connectivity index (χ3n) is 13.6. The van der Waals surface area contributed by atoms with Crippen molar-refractivity contribution in [3.05, 3.63) is 146 Å². The van der Waals surface area contributed by atoms with Gasteiger partial charge in [-0.15, -0.1) is 21.5 Å². The number of halogens is 5. The van der Waals surface area contributed by atoms with Gasteiger partial charge in [0.05, 0.1) is 76.7 Å². The minimum Gasteiger partial charge on any atom is -0.491 e. The Hall–Kier alpha value is -8.23. The number of hydrogen-bond acceptors (Lipinski definition) is 16. The summed E-state index contributed by atoms with van der Waals surface area (Å²) in [5.41, 5.74) is 4.68. The normalized spacial score (nSPS) is 14.8. The number of piperazine rings is 1. The van der Waals surface area contributed by atoms with Gasteiger partial charge in [0.1, 0.15) is 66.4 Å². The molecular formula is C60H68ClF4N11O11S. The predicted octanol–water partition coefficient (Wildman–Crippen LogP) is 6.57. The lowest BCUT2D eigenvalue weighted by atomic mass is 9.88. The van der Waals surface area contributed by atoms with Crippen LogP contribution in [0.4, 0.5) is 29.1 Å². The van der Waals surface area contributed by atoms with Gasteiger partial charge in [0.25, 0.3) is 11.8 Å². The number of carbonyl (C=O) groups is 5. The molecule has 470 valence electrons. The first-order valence-electron chi connectivity index (χ1n) is 27.7. The van der Waals surface area contributed by atoms with Crippen LogP contribution >= 0.6 is 22.9 Å². The second-order valence-corrected chi connectivity index (χ2v) is 21.5. The molecular weight excluding hydrogens is 1190 g/mol. The van der Waals surface area contributed by atoms with Gasteiger partial charge in [-0.25, -0.2) is 22.5 Å². The highest BCUT2D eigenvalue weighted by molar-refractivity contribution is 7.15. The van der Waals surface area contributed by atoms with Crippen molar-refractivity contribution in [2.24, 2.45) is 4.99 Å². The van der Waals surface area contributed by atoms with Crippen LogP contribution in [0, 0.1) is 43.7 Å². The lowest BCUT2D eigenvalue weighted by molar-refractivity contribution is -0.143. The molecule has 1 saturated heterocycles. The Morgan fingerprint density at radius 2 is 1.55 bits per heavy atom. The Balaban J connectivity index is 0.000000679. The van der Waals surface area contributed by atoms with E-state index in [-0.39, 0.29) is 85.3 Å². The number of nitriles is 1. The summed E-state index contributed by atoms with van der Waals surface area (Å²) in [5.74, 6) is -4.09. The number of aryl methyl sites for hydroxylation is 2. The summed E-state index contributed by atoms with van der Waals surface area (Å²) in [5, 5.41) is 24.4. The van der Waals surface area contributed by atoms with Gasteiger partial charge >= 0.3 is 0 Å². The topological polar surface area (TPSA) is 277 Å². The Labute approximate surface area is 514 Å². The van der Waals surface area contributed by atoms with Crippen LogP contribution < -0.4 is 25.2 Å². The van der Waals surface area contributed by atoms with Crippen molar-refractivity contribution in [3.8, 4) is 16.8 Å². The maximum absolute atomic E-state index is 14.7. The van der Waals surface area contributed by atoms with Gasteiger partial charge < -0.3 is 49.6 Å². The molecule has 1 saturated carbocycles. The fourth-order valence-electron chi connectivity index (χ4n) is 9.27. The number of anilines is 2. The standard InChI is InChI=1S/C51H50ClF2N9O8S.C5H7F2NO.C4H9NO.H2O/c1-32-33(2)72-51-48(32)49(57-27-45-59-58-34(3)62(45)51)36-8-10-41(11-9-36)71-21-20-69-17-16-67-14-15-68-18-19-70-31-47(65)60-29-43(63(46(64)30-60)44-22-35(26-55)12-13-56-44)50(66)61(28-37-6-4-5-7-42(37)52)40-24-38(53)23-39(54)25-40;6-5(7)1-4(2-5)8-3-9;1-3-5-4(2)6;/h4-13,22-25,43H,14-21,27-31H2,1-3H3;3-4H,1-2H2,(H,8,9);3H2,1-2H3,(H,5,6);1H2/t43-;;;/m0.../s1. The lowest BCUT2D eigenvalue weighted by Crippen LogP contribution is -2.64. The Morgan fingerprint density at radius 1 is 0.898 bits per heavy atom. The highest BCUT2D eigenvalue weighted by Crippen LogP contribution is 2.38. The van der Waals surface area contributed by atoms with Crippen LogP contribution in [0.1, 0.15) is 71.0 Å². The predicted molar refractivity (Wildman–Crippen MR) is 319 cm³/mol. The lowest BCUT2D eigenvalue weighted by Gasteiger charge is -2.41. The number of benzene rings is 3. The molecule has 2 aliphatic heterocycles. The Morgan fingerprint density at radius 3 is 2.15 bits per heavy atom. The molecule has 1 aliphatic carbocycles. The van der Waals surface area contributed by atoms with Crippen LogP contribution in [0.5, 0.6) is 5.75 Å². The van der Waals surface area contributed by atoms with E-state index in [2.05, 4.69) is 44.2 Å². The molecule has 6 aromatic rings. The highest BCUT2D eigenvalue weighted by atomic mass is 35.5. The van der Waals surface area contributed by atoms with Crippen molar-refractivity contribution in [1.29, 1.82) is 5.26 Å². The summed E-state index contributed by atoms with van der Waals surface area (Å²) in [6.45, 7) is 11.5. The number of carbonyl (C=O) groups excluding carboxylic acids is 5. The number of amides is 5. The minimum atomic E-state index is -2.53. The number of fused-ring (bicyclic) bond motifs is 3. The molecule has 2 fully saturated rings. The molecule has 0 bridgehead atoms. The minimum absolute atomic E-state index is 0. The number of hydrogen-bond donors (Lipinski definition) is 2.